The molecule has 90 valence electrons. The maximum atomic E-state index is 12.9. The lowest BCUT2D eigenvalue weighted by atomic mass is 10.1. The zero-order valence-electron chi connectivity index (χ0n) is 8.99. The monoisotopic (exact) mass is 298 g/mol. The van der Waals surface area contributed by atoms with Crippen LogP contribution in [-0.4, -0.2) is 11.9 Å². The van der Waals surface area contributed by atoms with Gasteiger partial charge in [-0.15, -0.1) is 0 Å². The summed E-state index contributed by atoms with van der Waals surface area (Å²) in [5.41, 5.74) is 6.24. The Labute approximate surface area is 107 Å². The first kappa shape index (κ1) is 12.3. The zero-order valence-corrected chi connectivity index (χ0v) is 10.6. The van der Waals surface area contributed by atoms with Crippen molar-refractivity contribution in [2.45, 2.75) is 12.5 Å². The summed E-state index contributed by atoms with van der Waals surface area (Å²) in [6.45, 7) is 0. The molecule has 0 saturated carbocycles. The van der Waals surface area contributed by atoms with Gasteiger partial charge in [0.2, 0.25) is 5.91 Å². The van der Waals surface area contributed by atoms with Crippen LogP contribution in [0.3, 0.4) is 0 Å². The summed E-state index contributed by atoms with van der Waals surface area (Å²) < 4.78 is 13.4. The van der Waals surface area contributed by atoms with Gasteiger partial charge in [0.05, 0.1) is 11.6 Å². The summed E-state index contributed by atoms with van der Waals surface area (Å²) in [6.07, 6.45) is 4.24. The molecule has 3 nitrogen and oxygen atoms in total. The SMILES string of the molecule is NC1C=CC(C(=O)Nc2ccc(F)cc2Br)C1. The molecule has 1 amide bonds. The molecule has 3 N–H and O–H groups in total. The second-order valence-corrected chi connectivity index (χ2v) is 4.86. The first-order valence-electron chi connectivity index (χ1n) is 5.26. The second kappa shape index (κ2) is 4.98. The summed E-state index contributed by atoms with van der Waals surface area (Å²) in [6, 6.07) is 4.08. The van der Waals surface area contributed by atoms with Gasteiger partial charge in [-0.05, 0) is 40.5 Å². The number of hydrogen-bond donors (Lipinski definition) is 2. The van der Waals surface area contributed by atoms with Gasteiger partial charge in [0.1, 0.15) is 5.82 Å². The van der Waals surface area contributed by atoms with E-state index in [1.807, 2.05) is 6.08 Å². The van der Waals surface area contributed by atoms with Crippen LogP contribution in [0.1, 0.15) is 6.42 Å². The third-order valence-electron chi connectivity index (χ3n) is 2.64. The normalized spacial score (nSPS) is 22.8. The van der Waals surface area contributed by atoms with E-state index in [4.69, 9.17) is 5.73 Å². The fraction of sp³-hybridized carbons (Fsp3) is 0.250. The first-order valence-corrected chi connectivity index (χ1v) is 6.05. The maximum absolute atomic E-state index is 12.9. The van der Waals surface area contributed by atoms with Crippen LogP contribution in [-0.2, 0) is 4.79 Å². The van der Waals surface area contributed by atoms with Crippen LogP contribution >= 0.6 is 15.9 Å². The molecule has 0 spiro atoms. The van der Waals surface area contributed by atoms with Crippen LogP contribution in [0.5, 0.6) is 0 Å². The largest absolute Gasteiger partial charge is 0.325 e. The number of nitrogens with two attached hydrogens (primary N) is 1. The van der Waals surface area contributed by atoms with Crippen molar-refractivity contribution in [1.29, 1.82) is 0 Å². The zero-order chi connectivity index (χ0) is 12.4. The molecule has 0 fully saturated rings. The van der Waals surface area contributed by atoms with E-state index < -0.39 is 0 Å². The number of anilines is 1. The molecule has 0 bridgehead atoms. The third kappa shape index (κ3) is 2.92. The number of halogens is 2. The van der Waals surface area contributed by atoms with E-state index >= 15 is 0 Å². The van der Waals surface area contributed by atoms with Gasteiger partial charge in [0, 0.05) is 10.5 Å². The smallest absolute Gasteiger partial charge is 0.231 e. The number of nitrogens with one attached hydrogen (secondary N) is 1. The van der Waals surface area contributed by atoms with E-state index in [2.05, 4.69) is 21.2 Å². The summed E-state index contributed by atoms with van der Waals surface area (Å²) in [4.78, 5) is 11.9. The van der Waals surface area contributed by atoms with Crippen LogP contribution in [0, 0.1) is 11.7 Å². The Morgan fingerprint density at radius 2 is 2.24 bits per heavy atom. The lowest BCUT2D eigenvalue weighted by Gasteiger charge is -2.11. The molecule has 1 aromatic rings. The quantitative estimate of drug-likeness (QED) is 0.824. The average molecular weight is 299 g/mol. The number of rotatable bonds is 2. The first-order chi connectivity index (χ1) is 8.06. The van der Waals surface area contributed by atoms with Gasteiger partial charge in [0.25, 0.3) is 0 Å². The van der Waals surface area contributed by atoms with Crippen molar-refractivity contribution in [2.75, 3.05) is 5.32 Å². The van der Waals surface area contributed by atoms with E-state index in [1.165, 1.54) is 18.2 Å². The highest BCUT2D eigenvalue weighted by Crippen LogP contribution is 2.25. The van der Waals surface area contributed by atoms with Gasteiger partial charge in [-0.1, -0.05) is 12.2 Å². The predicted molar refractivity (Wildman–Crippen MR) is 68.0 cm³/mol. The van der Waals surface area contributed by atoms with Crippen LogP contribution in [0.2, 0.25) is 0 Å². The van der Waals surface area contributed by atoms with Crippen molar-refractivity contribution >= 4 is 27.5 Å². The van der Waals surface area contributed by atoms with Gasteiger partial charge in [-0.3, -0.25) is 4.79 Å². The highest BCUT2D eigenvalue weighted by atomic mass is 79.9. The Morgan fingerprint density at radius 3 is 2.82 bits per heavy atom. The Morgan fingerprint density at radius 1 is 1.47 bits per heavy atom. The standard InChI is InChI=1S/C12H12BrFN2O/c13-10-6-8(14)2-4-11(10)16-12(17)7-1-3-9(15)5-7/h1-4,6-7,9H,5,15H2,(H,16,17). The van der Waals surface area contributed by atoms with Crippen molar-refractivity contribution in [3.63, 3.8) is 0 Å². The maximum Gasteiger partial charge on any atom is 0.231 e. The number of hydrogen-bond acceptors (Lipinski definition) is 2. The molecule has 2 rings (SSSR count). The van der Waals surface area contributed by atoms with Gasteiger partial charge in [0.15, 0.2) is 0 Å². The molecule has 1 aliphatic rings. The van der Waals surface area contributed by atoms with Crippen molar-refractivity contribution in [1.82, 2.24) is 0 Å². The van der Waals surface area contributed by atoms with Gasteiger partial charge < -0.3 is 11.1 Å². The van der Waals surface area contributed by atoms with E-state index in [9.17, 15) is 9.18 Å². The molecule has 2 atom stereocenters. The van der Waals surface area contributed by atoms with Crippen molar-refractivity contribution in [3.8, 4) is 0 Å². The van der Waals surface area contributed by atoms with Crippen molar-refractivity contribution < 1.29 is 9.18 Å². The van der Waals surface area contributed by atoms with Crippen LogP contribution < -0.4 is 11.1 Å². The minimum absolute atomic E-state index is 0.0533. The Kier molecular flexibility index (Phi) is 3.59. The topological polar surface area (TPSA) is 55.1 Å². The molecular weight excluding hydrogens is 287 g/mol. The Bertz CT molecular complexity index is 476. The molecule has 17 heavy (non-hydrogen) atoms. The van der Waals surface area contributed by atoms with Gasteiger partial charge in [-0.25, -0.2) is 4.39 Å². The summed E-state index contributed by atoms with van der Waals surface area (Å²) in [5, 5.41) is 2.74. The van der Waals surface area contributed by atoms with E-state index in [1.54, 1.807) is 6.08 Å². The lowest BCUT2D eigenvalue weighted by Crippen LogP contribution is -2.24. The summed E-state index contributed by atoms with van der Waals surface area (Å²) >= 11 is 3.20. The average Bonchev–Trinajstić information content (AvgIpc) is 2.69. The number of amides is 1. The predicted octanol–water partition coefficient (Wildman–Crippen LogP) is 2.43. The van der Waals surface area contributed by atoms with Crippen molar-refractivity contribution in [2.24, 2.45) is 11.7 Å². The molecule has 5 heteroatoms. The molecule has 0 heterocycles. The number of carbonyl (C=O) groups is 1. The fourth-order valence-corrected chi connectivity index (χ4v) is 2.19. The second-order valence-electron chi connectivity index (χ2n) is 4.00. The van der Waals surface area contributed by atoms with Gasteiger partial charge >= 0.3 is 0 Å². The lowest BCUT2D eigenvalue weighted by molar-refractivity contribution is -0.118. The molecule has 2 unspecified atom stereocenters. The van der Waals surface area contributed by atoms with Gasteiger partial charge in [-0.2, -0.15) is 0 Å². The van der Waals surface area contributed by atoms with Crippen LogP contribution in [0.15, 0.2) is 34.8 Å². The van der Waals surface area contributed by atoms with E-state index in [0.717, 1.165) is 0 Å². The number of carbonyl (C=O) groups excluding carboxylic acids is 1. The van der Waals surface area contributed by atoms with E-state index in [0.29, 0.717) is 16.6 Å². The highest BCUT2D eigenvalue weighted by molar-refractivity contribution is 9.10. The van der Waals surface area contributed by atoms with E-state index in [-0.39, 0.29) is 23.7 Å². The molecule has 0 radical (unpaired) electrons. The summed E-state index contributed by atoms with van der Waals surface area (Å²) in [5.74, 6) is -0.680. The summed E-state index contributed by atoms with van der Waals surface area (Å²) in [7, 11) is 0. The Balaban J connectivity index is 2.06. The molecule has 0 saturated heterocycles. The minimum Gasteiger partial charge on any atom is -0.325 e. The fourth-order valence-electron chi connectivity index (χ4n) is 1.74. The molecular formula is C12H12BrFN2O. The highest BCUT2D eigenvalue weighted by Gasteiger charge is 2.23. The Hall–Kier alpha value is -1.20. The molecule has 1 aromatic carbocycles. The third-order valence-corrected chi connectivity index (χ3v) is 3.30. The number of benzene rings is 1. The van der Waals surface area contributed by atoms with Crippen LogP contribution in [0.4, 0.5) is 10.1 Å². The molecule has 0 aromatic heterocycles. The molecule has 1 aliphatic carbocycles. The minimum atomic E-state index is -0.349. The molecule has 0 aliphatic heterocycles. The van der Waals surface area contributed by atoms with Crippen molar-refractivity contribution in [3.05, 3.63) is 40.6 Å². The van der Waals surface area contributed by atoms with Crippen LogP contribution in [0.25, 0.3) is 0 Å².